The number of aromatic amines is 1. The van der Waals surface area contributed by atoms with Crippen molar-refractivity contribution in [3.05, 3.63) is 76.1 Å². The lowest BCUT2D eigenvalue weighted by Gasteiger charge is -2.32. The first-order valence-electron chi connectivity index (χ1n) is 10.9. The van der Waals surface area contributed by atoms with Crippen LogP contribution in [0.15, 0.2) is 42.5 Å². The van der Waals surface area contributed by atoms with E-state index in [1.54, 1.807) is 7.11 Å². The molecule has 6 heteroatoms. The molecule has 0 radical (unpaired) electrons. The van der Waals surface area contributed by atoms with Crippen molar-refractivity contribution in [1.82, 2.24) is 14.9 Å². The van der Waals surface area contributed by atoms with Crippen LogP contribution in [0.5, 0.6) is 0 Å². The highest BCUT2D eigenvalue weighted by atomic mass is 16.5. The molecule has 0 spiro atoms. The van der Waals surface area contributed by atoms with Crippen LogP contribution in [0.1, 0.15) is 57.2 Å². The largest absolute Gasteiger partial charge is 0.378 e. The number of piperidine rings is 1. The number of ether oxygens (including phenoxy) is 1. The van der Waals surface area contributed by atoms with E-state index >= 15 is 0 Å². The summed E-state index contributed by atoms with van der Waals surface area (Å²) in [4.78, 5) is 23.2. The molecule has 32 heavy (non-hydrogen) atoms. The van der Waals surface area contributed by atoms with E-state index in [9.17, 15) is 4.79 Å². The van der Waals surface area contributed by atoms with Crippen molar-refractivity contribution in [3.63, 3.8) is 0 Å². The first-order chi connectivity index (χ1) is 15.5. The summed E-state index contributed by atoms with van der Waals surface area (Å²) in [5.74, 6) is 1.25. The highest BCUT2D eigenvalue weighted by molar-refractivity contribution is 5.95. The van der Waals surface area contributed by atoms with Gasteiger partial charge in [-0.05, 0) is 68.0 Å². The summed E-state index contributed by atoms with van der Waals surface area (Å²) in [6, 6.07) is 15.8. The molecule has 1 aliphatic heterocycles. The quantitative estimate of drug-likeness (QED) is 0.637. The molecule has 1 N–H and O–H groups in total. The number of H-pyrrole nitrogens is 1. The van der Waals surface area contributed by atoms with E-state index in [2.05, 4.69) is 16.0 Å². The third kappa shape index (κ3) is 4.44. The van der Waals surface area contributed by atoms with Crippen LogP contribution >= 0.6 is 0 Å². The van der Waals surface area contributed by atoms with Gasteiger partial charge in [0.15, 0.2) is 0 Å². The summed E-state index contributed by atoms with van der Waals surface area (Å²) in [7, 11) is 1.66. The van der Waals surface area contributed by atoms with E-state index in [4.69, 9.17) is 10.00 Å². The summed E-state index contributed by atoms with van der Waals surface area (Å²) < 4.78 is 5.22. The molecule has 1 amide bonds. The van der Waals surface area contributed by atoms with Gasteiger partial charge in [-0.25, -0.2) is 4.98 Å². The van der Waals surface area contributed by atoms with Gasteiger partial charge in [0.05, 0.1) is 23.9 Å². The molecule has 1 fully saturated rings. The number of nitriles is 1. The lowest BCUT2D eigenvalue weighted by molar-refractivity contribution is 0.0713. The molecule has 0 aliphatic carbocycles. The number of hydrogen-bond donors (Lipinski definition) is 1. The molecule has 0 bridgehead atoms. The highest BCUT2D eigenvalue weighted by Crippen LogP contribution is 2.30. The summed E-state index contributed by atoms with van der Waals surface area (Å²) in [5, 5.41) is 8.99. The molecule has 1 aromatic heterocycles. The van der Waals surface area contributed by atoms with Crippen molar-refractivity contribution in [1.29, 1.82) is 5.26 Å². The van der Waals surface area contributed by atoms with E-state index in [0.29, 0.717) is 23.7 Å². The first kappa shape index (κ1) is 21.8. The van der Waals surface area contributed by atoms with Crippen molar-refractivity contribution < 1.29 is 9.53 Å². The molecule has 164 valence electrons. The standard InChI is InChI=1S/C26H28N4O2/c1-17-4-7-22(14-23(17)25-28-18(2)24(29-25)16-32-3)26(31)30-12-10-21(11-13-30)20-8-5-19(15-27)6-9-20/h4-9,14,21H,10-13,16H2,1-3H3,(H,28,29). The number of rotatable bonds is 5. The molecule has 1 aliphatic rings. The molecule has 0 unspecified atom stereocenters. The van der Waals surface area contributed by atoms with E-state index in [0.717, 1.165) is 54.3 Å². The molecule has 3 aromatic rings. The van der Waals surface area contributed by atoms with Crippen LogP contribution < -0.4 is 0 Å². The highest BCUT2D eigenvalue weighted by Gasteiger charge is 2.25. The van der Waals surface area contributed by atoms with Crippen LogP contribution in [0.4, 0.5) is 0 Å². The van der Waals surface area contributed by atoms with Gasteiger partial charge < -0.3 is 14.6 Å². The maximum absolute atomic E-state index is 13.2. The van der Waals surface area contributed by atoms with Crippen LogP contribution in [0, 0.1) is 25.2 Å². The molecule has 2 heterocycles. The molecule has 4 rings (SSSR count). The minimum Gasteiger partial charge on any atom is -0.378 e. The number of aryl methyl sites for hydroxylation is 2. The second-order valence-corrected chi connectivity index (χ2v) is 8.42. The fraction of sp³-hybridized carbons (Fsp3) is 0.346. The van der Waals surface area contributed by atoms with Crippen LogP contribution in [0.2, 0.25) is 0 Å². The minimum absolute atomic E-state index is 0.0601. The Balaban J connectivity index is 1.47. The Kier molecular flexibility index (Phi) is 6.38. The predicted molar refractivity (Wildman–Crippen MR) is 123 cm³/mol. The topological polar surface area (TPSA) is 82.0 Å². The molecular weight excluding hydrogens is 400 g/mol. The number of amides is 1. The van der Waals surface area contributed by atoms with E-state index < -0.39 is 0 Å². The Hall–Kier alpha value is -3.43. The summed E-state index contributed by atoms with van der Waals surface area (Å²) in [6.45, 7) is 5.91. The SMILES string of the molecule is COCc1nc(-c2cc(C(=O)N3CCC(c4ccc(C#N)cc4)CC3)ccc2C)[nH]c1C. The van der Waals surface area contributed by atoms with E-state index in [-0.39, 0.29) is 5.91 Å². The Morgan fingerprint density at radius 1 is 1.19 bits per heavy atom. The van der Waals surface area contributed by atoms with Crippen LogP contribution in [0.25, 0.3) is 11.4 Å². The lowest BCUT2D eigenvalue weighted by Crippen LogP contribution is -2.37. The van der Waals surface area contributed by atoms with Gasteiger partial charge in [0.1, 0.15) is 5.82 Å². The Morgan fingerprint density at radius 2 is 1.91 bits per heavy atom. The van der Waals surface area contributed by atoms with Crippen molar-refractivity contribution in [2.75, 3.05) is 20.2 Å². The number of imidazole rings is 1. The maximum Gasteiger partial charge on any atom is 0.253 e. The van der Waals surface area contributed by atoms with Gasteiger partial charge in [-0.3, -0.25) is 4.79 Å². The number of nitrogens with zero attached hydrogens (tertiary/aromatic N) is 3. The van der Waals surface area contributed by atoms with Gasteiger partial charge in [0.25, 0.3) is 5.91 Å². The normalized spacial score (nSPS) is 14.4. The summed E-state index contributed by atoms with van der Waals surface area (Å²) in [5.41, 5.74) is 6.47. The van der Waals surface area contributed by atoms with Gasteiger partial charge >= 0.3 is 0 Å². The second-order valence-electron chi connectivity index (χ2n) is 8.42. The number of aromatic nitrogens is 2. The van der Waals surface area contributed by atoms with Gasteiger partial charge in [0, 0.05) is 37.0 Å². The third-order valence-corrected chi connectivity index (χ3v) is 6.30. The predicted octanol–water partition coefficient (Wildman–Crippen LogP) is 4.73. The number of carbonyl (C=O) groups excluding carboxylic acids is 1. The fourth-order valence-corrected chi connectivity index (χ4v) is 4.34. The molecule has 6 nitrogen and oxygen atoms in total. The van der Waals surface area contributed by atoms with E-state index in [1.807, 2.05) is 61.2 Å². The Labute approximate surface area is 188 Å². The zero-order chi connectivity index (χ0) is 22.7. The molecule has 0 atom stereocenters. The van der Waals surface area contributed by atoms with E-state index in [1.165, 1.54) is 5.56 Å². The monoisotopic (exact) mass is 428 g/mol. The molecule has 2 aromatic carbocycles. The van der Waals surface area contributed by atoms with Crippen LogP contribution in [-0.4, -0.2) is 41.0 Å². The second kappa shape index (κ2) is 9.37. The van der Waals surface area contributed by atoms with Crippen molar-refractivity contribution in [2.45, 2.75) is 39.2 Å². The summed E-state index contributed by atoms with van der Waals surface area (Å²) in [6.07, 6.45) is 1.85. The van der Waals surface area contributed by atoms with Gasteiger partial charge in [-0.1, -0.05) is 18.2 Å². The smallest absolute Gasteiger partial charge is 0.253 e. The number of carbonyl (C=O) groups is 1. The summed E-state index contributed by atoms with van der Waals surface area (Å²) >= 11 is 0. The van der Waals surface area contributed by atoms with Crippen LogP contribution in [0.3, 0.4) is 0 Å². The Bertz CT molecular complexity index is 1150. The number of benzene rings is 2. The average Bonchev–Trinajstić information content (AvgIpc) is 3.19. The lowest BCUT2D eigenvalue weighted by atomic mass is 9.89. The molecule has 1 saturated heterocycles. The van der Waals surface area contributed by atoms with Crippen molar-refractivity contribution in [2.24, 2.45) is 0 Å². The molecule has 0 saturated carbocycles. The maximum atomic E-state index is 13.2. The fourth-order valence-electron chi connectivity index (χ4n) is 4.34. The number of hydrogen-bond acceptors (Lipinski definition) is 4. The van der Waals surface area contributed by atoms with Gasteiger partial charge in [-0.2, -0.15) is 5.26 Å². The van der Waals surface area contributed by atoms with Gasteiger partial charge in [-0.15, -0.1) is 0 Å². The third-order valence-electron chi connectivity index (χ3n) is 6.30. The first-order valence-corrected chi connectivity index (χ1v) is 10.9. The van der Waals surface area contributed by atoms with Crippen molar-refractivity contribution in [3.8, 4) is 17.5 Å². The molecular formula is C26H28N4O2. The average molecular weight is 429 g/mol. The van der Waals surface area contributed by atoms with Crippen LogP contribution in [-0.2, 0) is 11.3 Å². The number of methoxy groups -OCH3 is 1. The number of likely N-dealkylation sites (tertiary alicyclic amines) is 1. The zero-order valence-corrected chi connectivity index (χ0v) is 18.8. The van der Waals surface area contributed by atoms with Crippen molar-refractivity contribution >= 4 is 5.91 Å². The Morgan fingerprint density at radius 3 is 2.56 bits per heavy atom. The number of nitrogens with one attached hydrogen (secondary N) is 1. The van der Waals surface area contributed by atoms with Gasteiger partial charge in [0.2, 0.25) is 0 Å². The minimum atomic E-state index is 0.0601. The zero-order valence-electron chi connectivity index (χ0n) is 18.8.